The number of hydrogen-bond donors (Lipinski definition) is 0. The lowest BCUT2D eigenvalue weighted by Gasteiger charge is -2.08. The zero-order valence-electron chi connectivity index (χ0n) is 8.79. The summed E-state index contributed by atoms with van der Waals surface area (Å²) in [4.78, 5) is 0. The molecule has 0 aliphatic heterocycles. The number of halogens is 3. The van der Waals surface area contributed by atoms with E-state index in [9.17, 15) is 0 Å². The maximum Gasteiger partial charge on any atom is 0.120 e. The van der Waals surface area contributed by atoms with Gasteiger partial charge in [-0.05, 0) is 30.3 Å². The molecule has 4 heteroatoms. The van der Waals surface area contributed by atoms with Crippen molar-refractivity contribution in [2.45, 2.75) is 6.61 Å². The maximum atomic E-state index is 6.05. The van der Waals surface area contributed by atoms with Gasteiger partial charge in [0.1, 0.15) is 12.4 Å². The van der Waals surface area contributed by atoms with Crippen LogP contribution in [0.15, 0.2) is 46.9 Å². The fraction of sp³-hybridized carbons (Fsp3) is 0.0769. The molecule has 88 valence electrons. The lowest BCUT2D eigenvalue weighted by molar-refractivity contribution is 0.306. The number of benzene rings is 2. The van der Waals surface area contributed by atoms with Gasteiger partial charge in [0.15, 0.2) is 0 Å². The molecule has 0 saturated heterocycles. The van der Waals surface area contributed by atoms with Crippen LogP contribution < -0.4 is 4.74 Å². The highest BCUT2D eigenvalue weighted by Gasteiger charge is 2.02. The Kier molecular flexibility index (Phi) is 4.32. The minimum Gasteiger partial charge on any atom is -0.489 e. The summed E-state index contributed by atoms with van der Waals surface area (Å²) in [7, 11) is 0. The Morgan fingerprint density at radius 3 is 2.59 bits per heavy atom. The summed E-state index contributed by atoms with van der Waals surface area (Å²) in [6, 6.07) is 13.0. The van der Waals surface area contributed by atoms with Crippen LogP contribution >= 0.6 is 39.1 Å². The molecule has 0 unspecified atom stereocenters. The summed E-state index contributed by atoms with van der Waals surface area (Å²) in [5, 5.41) is 1.24. The third kappa shape index (κ3) is 3.63. The van der Waals surface area contributed by atoms with Gasteiger partial charge in [-0.15, -0.1) is 0 Å². The van der Waals surface area contributed by atoms with Gasteiger partial charge in [0, 0.05) is 20.1 Å². The van der Waals surface area contributed by atoms with Crippen molar-refractivity contribution in [3.8, 4) is 5.75 Å². The van der Waals surface area contributed by atoms with E-state index in [0.29, 0.717) is 16.7 Å². The summed E-state index contributed by atoms with van der Waals surface area (Å²) in [6.45, 7) is 0.423. The smallest absolute Gasteiger partial charge is 0.120 e. The lowest BCUT2D eigenvalue weighted by Crippen LogP contribution is -1.96. The van der Waals surface area contributed by atoms with Crippen molar-refractivity contribution >= 4 is 39.1 Å². The molecule has 0 fully saturated rings. The van der Waals surface area contributed by atoms with Crippen molar-refractivity contribution in [2.24, 2.45) is 0 Å². The number of ether oxygens (including phenoxy) is 1. The Labute approximate surface area is 118 Å². The molecule has 17 heavy (non-hydrogen) atoms. The third-order valence-electron chi connectivity index (χ3n) is 2.21. The first-order chi connectivity index (χ1) is 8.15. The van der Waals surface area contributed by atoms with Crippen LogP contribution in [0.5, 0.6) is 5.75 Å². The van der Waals surface area contributed by atoms with Gasteiger partial charge < -0.3 is 4.74 Å². The van der Waals surface area contributed by atoms with E-state index in [0.717, 1.165) is 15.8 Å². The highest BCUT2D eigenvalue weighted by atomic mass is 79.9. The third-order valence-corrected chi connectivity index (χ3v) is 3.29. The zero-order valence-corrected chi connectivity index (χ0v) is 11.9. The van der Waals surface area contributed by atoms with E-state index >= 15 is 0 Å². The van der Waals surface area contributed by atoms with Crippen LogP contribution in [-0.4, -0.2) is 0 Å². The quantitative estimate of drug-likeness (QED) is 0.738. The van der Waals surface area contributed by atoms with E-state index in [1.54, 1.807) is 12.1 Å². The predicted molar refractivity (Wildman–Crippen MR) is 74.9 cm³/mol. The number of hydrogen-bond acceptors (Lipinski definition) is 1. The van der Waals surface area contributed by atoms with Crippen LogP contribution in [0.2, 0.25) is 10.0 Å². The molecule has 0 aliphatic carbocycles. The van der Waals surface area contributed by atoms with Crippen molar-refractivity contribution in [3.05, 3.63) is 62.5 Å². The number of rotatable bonds is 3. The Hall–Kier alpha value is -0.700. The van der Waals surface area contributed by atoms with Gasteiger partial charge in [0.05, 0.1) is 0 Å². The van der Waals surface area contributed by atoms with E-state index in [1.165, 1.54) is 0 Å². The molecular formula is C13H9BrCl2O. The second-order valence-corrected chi connectivity index (χ2v) is 5.24. The molecular weight excluding hydrogens is 323 g/mol. The minimum atomic E-state index is 0.423. The van der Waals surface area contributed by atoms with Gasteiger partial charge in [0.25, 0.3) is 0 Å². The molecule has 0 saturated carbocycles. The van der Waals surface area contributed by atoms with E-state index < -0.39 is 0 Å². The summed E-state index contributed by atoms with van der Waals surface area (Å²) < 4.78 is 6.62. The van der Waals surface area contributed by atoms with Crippen LogP contribution in [0.1, 0.15) is 5.56 Å². The molecule has 0 aliphatic rings. The van der Waals surface area contributed by atoms with Gasteiger partial charge in [-0.3, -0.25) is 0 Å². The fourth-order valence-corrected chi connectivity index (χ4v) is 2.20. The summed E-state index contributed by atoms with van der Waals surface area (Å²) in [6.07, 6.45) is 0. The van der Waals surface area contributed by atoms with Crippen molar-refractivity contribution in [1.82, 2.24) is 0 Å². The second-order valence-electron chi connectivity index (χ2n) is 3.48. The van der Waals surface area contributed by atoms with E-state index in [-0.39, 0.29) is 0 Å². The van der Waals surface area contributed by atoms with Gasteiger partial charge in [-0.1, -0.05) is 51.3 Å². The predicted octanol–water partition coefficient (Wildman–Crippen LogP) is 5.33. The van der Waals surface area contributed by atoms with Gasteiger partial charge in [0.2, 0.25) is 0 Å². The molecule has 0 atom stereocenters. The molecule has 0 aromatic heterocycles. The largest absolute Gasteiger partial charge is 0.489 e. The molecule has 0 radical (unpaired) electrons. The van der Waals surface area contributed by atoms with Crippen LogP contribution in [0.3, 0.4) is 0 Å². The van der Waals surface area contributed by atoms with Crippen molar-refractivity contribution in [3.63, 3.8) is 0 Å². The molecule has 1 nitrogen and oxygen atoms in total. The standard InChI is InChI=1S/C13H9BrCl2O/c14-10-2-1-3-12(6-10)17-8-9-4-5-11(15)7-13(9)16/h1-7H,8H2. The highest BCUT2D eigenvalue weighted by Crippen LogP contribution is 2.23. The molecule has 2 rings (SSSR count). The van der Waals surface area contributed by atoms with Crippen LogP contribution in [0.4, 0.5) is 0 Å². The van der Waals surface area contributed by atoms with Crippen LogP contribution in [-0.2, 0) is 6.61 Å². The van der Waals surface area contributed by atoms with Crippen molar-refractivity contribution in [2.75, 3.05) is 0 Å². The van der Waals surface area contributed by atoms with Crippen molar-refractivity contribution in [1.29, 1.82) is 0 Å². The van der Waals surface area contributed by atoms with E-state index in [1.807, 2.05) is 30.3 Å². The molecule has 0 amide bonds. The minimum absolute atomic E-state index is 0.423. The van der Waals surface area contributed by atoms with Gasteiger partial charge in [-0.2, -0.15) is 0 Å². The topological polar surface area (TPSA) is 9.23 Å². The molecule has 0 heterocycles. The summed E-state index contributed by atoms with van der Waals surface area (Å²) >= 11 is 15.3. The van der Waals surface area contributed by atoms with Gasteiger partial charge >= 0.3 is 0 Å². The molecule has 0 bridgehead atoms. The fourth-order valence-electron chi connectivity index (χ4n) is 1.36. The zero-order chi connectivity index (χ0) is 12.3. The highest BCUT2D eigenvalue weighted by molar-refractivity contribution is 9.10. The SMILES string of the molecule is Clc1ccc(COc2cccc(Br)c2)c(Cl)c1. The average Bonchev–Trinajstić information content (AvgIpc) is 2.28. The average molecular weight is 332 g/mol. The lowest BCUT2D eigenvalue weighted by atomic mass is 10.2. The Morgan fingerprint density at radius 1 is 1.06 bits per heavy atom. The van der Waals surface area contributed by atoms with Gasteiger partial charge in [-0.25, -0.2) is 0 Å². The second kappa shape index (κ2) is 5.76. The monoisotopic (exact) mass is 330 g/mol. The molecule has 0 spiro atoms. The van der Waals surface area contributed by atoms with E-state index in [2.05, 4.69) is 15.9 Å². The molecule has 2 aromatic carbocycles. The maximum absolute atomic E-state index is 6.05. The van der Waals surface area contributed by atoms with Crippen molar-refractivity contribution < 1.29 is 4.74 Å². The molecule has 2 aromatic rings. The Bertz CT molecular complexity index is 529. The first-order valence-electron chi connectivity index (χ1n) is 4.97. The van der Waals surface area contributed by atoms with Crippen LogP contribution in [0.25, 0.3) is 0 Å². The Morgan fingerprint density at radius 2 is 1.88 bits per heavy atom. The summed E-state index contributed by atoms with van der Waals surface area (Å²) in [5.41, 5.74) is 0.913. The van der Waals surface area contributed by atoms with Crippen LogP contribution in [0, 0.1) is 0 Å². The first-order valence-corrected chi connectivity index (χ1v) is 6.52. The first kappa shape index (κ1) is 12.7. The normalized spacial score (nSPS) is 10.3. The Balaban J connectivity index is 2.07. The van der Waals surface area contributed by atoms with E-state index in [4.69, 9.17) is 27.9 Å². The summed E-state index contributed by atoms with van der Waals surface area (Å²) in [5.74, 6) is 0.797. The molecule has 0 N–H and O–H groups in total.